The summed E-state index contributed by atoms with van der Waals surface area (Å²) in [5.74, 6) is -0.926. The van der Waals surface area contributed by atoms with E-state index in [9.17, 15) is 4.79 Å². The van der Waals surface area contributed by atoms with Crippen molar-refractivity contribution in [3.63, 3.8) is 0 Å². The summed E-state index contributed by atoms with van der Waals surface area (Å²) in [4.78, 5) is 10.6. The van der Waals surface area contributed by atoms with E-state index in [4.69, 9.17) is 5.11 Å². The largest absolute Gasteiger partial charge is 0.478 e. The Balaban J connectivity index is 2.25. The van der Waals surface area contributed by atoms with Crippen molar-refractivity contribution >= 4 is 12.0 Å². The van der Waals surface area contributed by atoms with Crippen molar-refractivity contribution in [3.8, 4) is 0 Å². The summed E-state index contributed by atoms with van der Waals surface area (Å²) in [5, 5.41) is 8.67. The molecule has 0 aromatic heterocycles. The van der Waals surface area contributed by atoms with Crippen molar-refractivity contribution in [2.45, 2.75) is 6.42 Å². The molecule has 2 aromatic carbocycles. The van der Waals surface area contributed by atoms with Crippen LogP contribution in [0.3, 0.4) is 0 Å². The van der Waals surface area contributed by atoms with Crippen LogP contribution in [0, 0.1) is 0 Å². The highest BCUT2D eigenvalue weighted by Gasteiger charge is 2.00. The molecule has 2 rings (SSSR count). The number of hydrogen-bond donors (Lipinski definition) is 1. The summed E-state index contributed by atoms with van der Waals surface area (Å²) in [7, 11) is 0. The smallest absolute Gasteiger partial charge is 0.328 e. The predicted octanol–water partition coefficient (Wildman–Crippen LogP) is 3.38. The third-order valence-electron chi connectivity index (χ3n) is 2.70. The Hall–Kier alpha value is -2.35. The molecule has 0 aliphatic rings. The second-order valence-electron chi connectivity index (χ2n) is 4.03. The average molecular weight is 238 g/mol. The number of benzene rings is 2. The quantitative estimate of drug-likeness (QED) is 0.829. The van der Waals surface area contributed by atoms with E-state index in [0.29, 0.717) is 0 Å². The number of carbonyl (C=O) groups is 1. The van der Waals surface area contributed by atoms with E-state index >= 15 is 0 Å². The second-order valence-corrected chi connectivity index (χ2v) is 4.03. The number of rotatable bonds is 4. The van der Waals surface area contributed by atoms with Gasteiger partial charge in [0.1, 0.15) is 0 Å². The van der Waals surface area contributed by atoms with E-state index in [-0.39, 0.29) is 0 Å². The van der Waals surface area contributed by atoms with Gasteiger partial charge in [0.05, 0.1) is 0 Å². The molecule has 0 bridgehead atoms. The SMILES string of the molecule is O=C(O)C=Cc1ccccc1Cc1ccccc1. The lowest BCUT2D eigenvalue weighted by Gasteiger charge is -2.05. The van der Waals surface area contributed by atoms with Crippen molar-refractivity contribution in [3.05, 3.63) is 77.4 Å². The lowest BCUT2D eigenvalue weighted by Crippen LogP contribution is -1.92. The molecule has 0 saturated heterocycles. The standard InChI is InChI=1S/C16H14O2/c17-16(18)11-10-14-8-4-5-9-15(14)12-13-6-2-1-3-7-13/h1-11H,12H2,(H,17,18). The molecule has 0 unspecified atom stereocenters. The van der Waals surface area contributed by atoms with Gasteiger partial charge in [-0.3, -0.25) is 0 Å². The highest BCUT2D eigenvalue weighted by Crippen LogP contribution is 2.15. The normalized spacial score (nSPS) is 10.7. The Morgan fingerprint density at radius 3 is 2.39 bits per heavy atom. The molecule has 2 aromatic rings. The fourth-order valence-electron chi connectivity index (χ4n) is 1.83. The van der Waals surface area contributed by atoms with Crippen LogP contribution in [0.25, 0.3) is 6.08 Å². The fourth-order valence-corrected chi connectivity index (χ4v) is 1.83. The Morgan fingerprint density at radius 2 is 1.67 bits per heavy atom. The van der Waals surface area contributed by atoms with E-state index in [2.05, 4.69) is 12.1 Å². The number of aliphatic carboxylic acids is 1. The van der Waals surface area contributed by atoms with Gasteiger partial charge in [-0.2, -0.15) is 0 Å². The molecular weight excluding hydrogens is 224 g/mol. The number of hydrogen-bond acceptors (Lipinski definition) is 1. The van der Waals surface area contributed by atoms with Crippen LogP contribution in [0.4, 0.5) is 0 Å². The molecule has 0 heterocycles. The molecule has 90 valence electrons. The zero-order valence-electron chi connectivity index (χ0n) is 9.91. The van der Waals surface area contributed by atoms with Crippen molar-refractivity contribution in [1.29, 1.82) is 0 Å². The van der Waals surface area contributed by atoms with Crippen LogP contribution in [-0.2, 0) is 11.2 Å². The van der Waals surface area contributed by atoms with Crippen LogP contribution in [0.15, 0.2) is 60.7 Å². The molecule has 1 N–H and O–H groups in total. The third kappa shape index (κ3) is 3.32. The van der Waals surface area contributed by atoms with Gasteiger partial charge in [-0.25, -0.2) is 4.79 Å². The maximum atomic E-state index is 10.6. The van der Waals surface area contributed by atoms with E-state index in [0.717, 1.165) is 17.5 Å². The third-order valence-corrected chi connectivity index (χ3v) is 2.70. The highest BCUT2D eigenvalue weighted by atomic mass is 16.4. The summed E-state index contributed by atoms with van der Waals surface area (Å²) < 4.78 is 0. The summed E-state index contributed by atoms with van der Waals surface area (Å²) in [6, 6.07) is 18.0. The van der Waals surface area contributed by atoms with Gasteiger partial charge in [-0.15, -0.1) is 0 Å². The first-order valence-corrected chi connectivity index (χ1v) is 5.78. The highest BCUT2D eigenvalue weighted by molar-refractivity contribution is 5.85. The van der Waals surface area contributed by atoms with Gasteiger partial charge in [-0.05, 0) is 29.2 Å². The van der Waals surface area contributed by atoms with Crippen LogP contribution in [0.1, 0.15) is 16.7 Å². The molecule has 2 heteroatoms. The van der Waals surface area contributed by atoms with Crippen molar-refractivity contribution < 1.29 is 9.90 Å². The Labute approximate surface area is 106 Å². The van der Waals surface area contributed by atoms with Gasteiger partial charge >= 0.3 is 5.97 Å². The zero-order valence-corrected chi connectivity index (χ0v) is 9.91. The van der Waals surface area contributed by atoms with Gasteiger partial charge in [0, 0.05) is 6.08 Å². The first-order chi connectivity index (χ1) is 8.75. The molecule has 2 nitrogen and oxygen atoms in total. The summed E-state index contributed by atoms with van der Waals surface area (Å²) in [5.41, 5.74) is 3.29. The Kier molecular flexibility index (Phi) is 3.92. The maximum Gasteiger partial charge on any atom is 0.328 e. The van der Waals surface area contributed by atoms with E-state index < -0.39 is 5.97 Å². The van der Waals surface area contributed by atoms with Gasteiger partial charge in [0.25, 0.3) is 0 Å². The van der Waals surface area contributed by atoms with Crippen LogP contribution < -0.4 is 0 Å². The molecule has 0 radical (unpaired) electrons. The number of carboxylic acids is 1. The van der Waals surface area contributed by atoms with Crippen LogP contribution in [0.5, 0.6) is 0 Å². The molecule has 0 spiro atoms. The Bertz CT molecular complexity index is 556. The monoisotopic (exact) mass is 238 g/mol. The summed E-state index contributed by atoms with van der Waals surface area (Å²) in [6.45, 7) is 0. The minimum atomic E-state index is -0.926. The Morgan fingerprint density at radius 1 is 1.00 bits per heavy atom. The zero-order chi connectivity index (χ0) is 12.8. The van der Waals surface area contributed by atoms with E-state index in [1.54, 1.807) is 6.08 Å². The molecule has 0 fully saturated rings. The van der Waals surface area contributed by atoms with Crippen molar-refractivity contribution in [1.82, 2.24) is 0 Å². The molecule has 0 aliphatic carbocycles. The van der Waals surface area contributed by atoms with Crippen LogP contribution >= 0.6 is 0 Å². The lowest BCUT2D eigenvalue weighted by molar-refractivity contribution is -0.131. The molecule has 0 atom stereocenters. The lowest BCUT2D eigenvalue weighted by atomic mass is 9.99. The van der Waals surface area contributed by atoms with Crippen molar-refractivity contribution in [2.24, 2.45) is 0 Å². The average Bonchev–Trinajstić information content (AvgIpc) is 2.39. The minimum absolute atomic E-state index is 0.807. The molecule has 0 aliphatic heterocycles. The van der Waals surface area contributed by atoms with Gasteiger partial charge in [-0.1, -0.05) is 54.6 Å². The molecule has 0 amide bonds. The maximum absolute atomic E-state index is 10.6. The minimum Gasteiger partial charge on any atom is -0.478 e. The van der Waals surface area contributed by atoms with Gasteiger partial charge < -0.3 is 5.11 Å². The van der Waals surface area contributed by atoms with E-state index in [1.807, 2.05) is 42.5 Å². The summed E-state index contributed by atoms with van der Waals surface area (Å²) in [6.07, 6.45) is 3.62. The first-order valence-electron chi connectivity index (χ1n) is 5.78. The topological polar surface area (TPSA) is 37.3 Å². The molecule has 18 heavy (non-hydrogen) atoms. The fraction of sp³-hybridized carbons (Fsp3) is 0.0625. The van der Waals surface area contributed by atoms with Gasteiger partial charge in [0.2, 0.25) is 0 Å². The predicted molar refractivity (Wildman–Crippen MR) is 72.4 cm³/mol. The van der Waals surface area contributed by atoms with Crippen molar-refractivity contribution in [2.75, 3.05) is 0 Å². The molecular formula is C16H14O2. The number of carboxylic acid groups (broad SMARTS) is 1. The van der Waals surface area contributed by atoms with Crippen LogP contribution in [0.2, 0.25) is 0 Å². The van der Waals surface area contributed by atoms with E-state index in [1.165, 1.54) is 11.6 Å². The second kappa shape index (κ2) is 5.82. The van der Waals surface area contributed by atoms with Gasteiger partial charge in [0.15, 0.2) is 0 Å². The first kappa shape index (κ1) is 12.1. The molecule has 0 saturated carbocycles. The summed E-state index contributed by atoms with van der Waals surface area (Å²) >= 11 is 0. The van der Waals surface area contributed by atoms with Crippen LogP contribution in [-0.4, -0.2) is 11.1 Å².